The Morgan fingerprint density at radius 2 is 1.56 bits per heavy atom. The Balaban J connectivity index is 2.26. The van der Waals surface area contributed by atoms with E-state index >= 15 is 0 Å². The molecule has 27 heavy (non-hydrogen) atoms. The number of nitrogens with one attached hydrogen (secondary N) is 1. The highest BCUT2D eigenvalue weighted by atomic mass is 32.1. The number of ether oxygens (including phenoxy) is 2. The number of rotatable bonds is 8. The van der Waals surface area contributed by atoms with E-state index in [1.165, 1.54) is 0 Å². The van der Waals surface area contributed by atoms with Crippen molar-refractivity contribution in [3.8, 4) is 0 Å². The minimum absolute atomic E-state index is 0.00230. The van der Waals surface area contributed by atoms with Crippen LogP contribution in [0.3, 0.4) is 0 Å². The number of thiophene rings is 1. The second-order valence-electron chi connectivity index (χ2n) is 5.84. The van der Waals surface area contributed by atoms with Crippen LogP contribution in [0.15, 0.2) is 24.3 Å². The first-order valence-corrected chi connectivity index (χ1v) is 9.52. The summed E-state index contributed by atoms with van der Waals surface area (Å²) in [6.45, 7) is 7.49. The average molecular weight is 389 g/mol. The number of esters is 2. The summed E-state index contributed by atoms with van der Waals surface area (Å²) in [5, 5.41) is 3.41. The van der Waals surface area contributed by atoms with Crippen LogP contribution < -0.4 is 5.32 Å². The van der Waals surface area contributed by atoms with Crippen LogP contribution >= 0.6 is 11.3 Å². The van der Waals surface area contributed by atoms with Gasteiger partial charge in [0.25, 0.3) is 0 Å². The molecular weight excluding hydrogens is 366 g/mol. The number of carbonyl (C=O) groups excluding carboxylic acids is 3. The van der Waals surface area contributed by atoms with Gasteiger partial charge in [0.2, 0.25) is 0 Å². The highest BCUT2D eigenvalue weighted by Gasteiger charge is 2.26. The largest absolute Gasteiger partial charge is 0.462 e. The average Bonchev–Trinajstić information content (AvgIpc) is 2.97. The molecule has 0 aliphatic rings. The van der Waals surface area contributed by atoms with Gasteiger partial charge < -0.3 is 14.8 Å². The molecule has 0 unspecified atom stereocenters. The van der Waals surface area contributed by atoms with Gasteiger partial charge in [0, 0.05) is 5.56 Å². The van der Waals surface area contributed by atoms with Crippen molar-refractivity contribution in [1.29, 1.82) is 0 Å². The molecule has 0 saturated heterocycles. The topological polar surface area (TPSA) is 81.7 Å². The number of hydrogen-bond donors (Lipinski definition) is 1. The summed E-state index contributed by atoms with van der Waals surface area (Å²) >= 11 is 1.09. The van der Waals surface area contributed by atoms with E-state index in [1.54, 1.807) is 32.9 Å². The van der Waals surface area contributed by atoms with Crippen molar-refractivity contribution in [2.24, 2.45) is 0 Å². The molecule has 0 bridgehead atoms. The molecule has 1 heterocycles. The first-order chi connectivity index (χ1) is 12.9. The Hall–Kier alpha value is -2.67. The summed E-state index contributed by atoms with van der Waals surface area (Å²) in [7, 11) is 0. The highest BCUT2D eigenvalue weighted by Crippen LogP contribution is 2.34. The van der Waals surface area contributed by atoms with Crippen molar-refractivity contribution in [3.05, 3.63) is 51.4 Å². The van der Waals surface area contributed by atoms with E-state index in [4.69, 9.17) is 9.47 Å². The molecule has 0 radical (unpaired) electrons. The normalized spacial score (nSPS) is 10.4. The van der Waals surface area contributed by atoms with Crippen molar-refractivity contribution in [2.45, 2.75) is 27.7 Å². The zero-order valence-corrected chi connectivity index (χ0v) is 16.7. The van der Waals surface area contributed by atoms with Gasteiger partial charge in [0.05, 0.1) is 25.3 Å². The van der Waals surface area contributed by atoms with Gasteiger partial charge in [-0.3, -0.25) is 4.79 Å². The summed E-state index contributed by atoms with van der Waals surface area (Å²) in [6, 6.07) is 7.25. The SMILES string of the molecule is CCOC(=O)c1sc(NCC(=O)c2ccc(C)cc2)c(C(=O)OCC)c1C. The highest BCUT2D eigenvalue weighted by molar-refractivity contribution is 7.18. The van der Waals surface area contributed by atoms with Gasteiger partial charge in [-0.2, -0.15) is 0 Å². The lowest BCUT2D eigenvalue weighted by atomic mass is 10.1. The lowest BCUT2D eigenvalue weighted by Crippen LogP contribution is -2.16. The fourth-order valence-corrected chi connectivity index (χ4v) is 3.56. The smallest absolute Gasteiger partial charge is 0.348 e. The molecule has 0 amide bonds. The molecule has 0 fully saturated rings. The Morgan fingerprint density at radius 3 is 2.15 bits per heavy atom. The zero-order valence-electron chi connectivity index (χ0n) is 15.9. The standard InChI is InChI=1S/C20H23NO5S/c1-5-25-19(23)16-13(4)17(20(24)26-6-2)27-18(16)21-11-15(22)14-9-7-12(3)8-10-14/h7-10,21H,5-6,11H2,1-4H3. The number of Topliss-reactive ketones (excluding diaryl/α,β-unsaturated/α-hetero) is 1. The Kier molecular flexibility index (Phi) is 7.12. The lowest BCUT2D eigenvalue weighted by Gasteiger charge is -2.08. The quantitative estimate of drug-likeness (QED) is 0.543. The van der Waals surface area contributed by atoms with Crippen LogP contribution in [0.5, 0.6) is 0 Å². The van der Waals surface area contributed by atoms with Gasteiger partial charge in [-0.25, -0.2) is 9.59 Å². The van der Waals surface area contributed by atoms with Gasteiger partial charge in [0.15, 0.2) is 5.78 Å². The molecule has 144 valence electrons. The van der Waals surface area contributed by atoms with Crippen LogP contribution in [-0.2, 0) is 9.47 Å². The maximum atomic E-state index is 12.4. The van der Waals surface area contributed by atoms with Crippen molar-refractivity contribution in [1.82, 2.24) is 0 Å². The molecule has 1 aromatic heterocycles. The number of hydrogen-bond acceptors (Lipinski definition) is 7. The first kappa shape index (κ1) is 20.6. The van der Waals surface area contributed by atoms with E-state index in [2.05, 4.69) is 5.32 Å². The molecule has 2 rings (SSSR count). The van der Waals surface area contributed by atoms with E-state index in [9.17, 15) is 14.4 Å². The maximum Gasteiger partial charge on any atom is 0.348 e. The van der Waals surface area contributed by atoms with Gasteiger partial charge in [-0.15, -0.1) is 11.3 Å². The molecule has 0 aliphatic heterocycles. The van der Waals surface area contributed by atoms with Crippen molar-refractivity contribution in [3.63, 3.8) is 0 Å². The molecule has 0 saturated carbocycles. The van der Waals surface area contributed by atoms with Crippen molar-refractivity contribution >= 4 is 34.1 Å². The second kappa shape index (κ2) is 9.32. The number of carbonyl (C=O) groups is 3. The fraction of sp³-hybridized carbons (Fsp3) is 0.350. The van der Waals surface area contributed by atoms with Crippen LogP contribution in [0.2, 0.25) is 0 Å². The third kappa shape index (κ3) is 4.95. The van der Waals surface area contributed by atoms with E-state index in [0.29, 0.717) is 21.0 Å². The number of aryl methyl sites for hydroxylation is 1. The molecule has 1 N–H and O–H groups in total. The Morgan fingerprint density at radius 1 is 0.963 bits per heavy atom. The van der Waals surface area contributed by atoms with E-state index in [0.717, 1.165) is 16.9 Å². The minimum Gasteiger partial charge on any atom is -0.462 e. The summed E-state index contributed by atoms with van der Waals surface area (Å²) < 4.78 is 10.1. The monoisotopic (exact) mass is 389 g/mol. The molecule has 0 atom stereocenters. The van der Waals surface area contributed by atoms with Gasteiger partial charge >= 0.3 is 11.9 Å². The predicted octanol–water partition coefficient (Wildman–Crippen LogP) is 4.01. The van der Waals surface area contributed by atoms with E-state index in [1.807, 2.05) is 19.1 Å². The molecular formula is C20H23NO5S. The fourth-order valence-electron chi connectivity index (χ4n) is 2.48. The van der Waals surface area contributed by atoms with Crippen LogP contribution in [0.1, 0.15) is 55.4 Å². The molecule has 0 aliphatic carbocycles. The molecule has 2 aromatic rings. The number of anilines is 1. The predicted molar refractivity (Wildman–Crippen MR) is 105 cm³/mol. The van der Waals surface area contributed by atoms with Crippen LogP contribution in [0.25, 0.3) is 0 Å². The van der Waals surface area contributed by atoms with Crippen LogP contribution in [0.4, 0.5) is 5.00 Å². The molecule has 7 heteroatoms. The summed E-state index contributed by atoms with van der Waals surface area (Å²) in [5.74, 6) is -1.15. The van der Waals surface area contributed by atoms with Gasteiger partial charge in [0.1, 0.15) is 9.88 Å². The Labute approximate surface area is 162 Å². The summed E-state index contributed by atoms with van der Waals surface area (Å²) in [5.41, 5.74) is 2.39. The lowest BCUT2D eigenvalue weighted by molar-refractivity contribution is 0.0527. The van der Waals surface area contributed by atoms with E-state index < -0.39 is 11.9 Å². The van der Waals surface area contributed by atoms with E-state index in [-0.39, 0.29) is 31.1 Å². The summed E-state index contributed by atoms with van der Waals surface area (Å²) in [6.07, 6.45) is 0. The van der Waals surface area contributed by atoms with Crippen molar-refractivity contribution < 1.29 is 23.9 Å². The zero-order chi connectivity index (χ0) is 20.0. The van der Waals surface area contributed by atoms with Crippen LogP contribution in [-0.4, -0.2) is 37.5 Å². The van der Waals surface area contributed by atoms with Crippen LogP contribution in [0, 0.1) is 13.8 Å². The van der Waals surface area contributed by atoms with Gasteiger partial charge in [-0.1, -0.05) is 29.8 Å². The third-order valence-corrected chi connectivity index (χ3v) is 5.10. The second-order valence-corrected chi connectivity index (χ2v) is 6.86. The molecule has 6 nitrogen and oxygen atoms in total. The number of ketones is 1. The van der Waals surface area contributed by atoms with Crippen molar-refractivity contribution in [2.75, 3.05) is 25.1 Å². The Bertz CT molecular complexity index is 839. The first-order valence-electron chi connectivity index (χ1n) is 8.70. The maximum absolute atomic E-state index is 12.4. The summed E-state index contributed by atoms with van der Waals surface area (Å²) in [4.78, 5) is 37.2. The molecule has 0 spiro atoms. The molecule has 1 aromatic carbocycles. The minimum atomic E-state index is -0.535. The third-order valence-electron chi connectivity index (χ3n) is 3.87. The van der Waals surface area contributed by atoms with Gasteiger partial charge in [-0.05, 0) is 33.3 Å². The number of benzene rings is 1.